The van der Waals surface area contributed by atoms with Crippen molar-refractivity contribution in [3.63, 3.8) is 0 Å². The maximum absolute atomic E-state index is 13.5. The number of benzene rings is 1. The van der Waals surface area contributed by atoms with Gasteiger partial charge in [0.15, 0.2) is 6.29 Å². The van der Waals surface area contributed by atoms with Gasteiger partial charge in [-0.25, -0.2) is 14.5 Å². The quantitative estimate of drug-likeness (QED) is 0.479. The van der Waals surface area contributed by atoms with Gasteiger partial charge in [0.25, 0.3) is 5.91 Å². The summed E-state index contributed by atoms with van der Waals surface area (Å²) in [6.07, 6.45) is 6.73. The van der Waals surface area contributed by atoms with Gasteiger partial charge in [0.1, 0.15) is 5.75 Å². The van der Waals surface area contributed by atoms with Crippen LogP contribution in [0.5, 0.6) is 5.75 Å². The van der Waals surface area contributed by atoms with E-state index in [1.165, 1.54) is 10.5 Å². The van der Waals surface area contributed by atoms with Crippen molar-refractivity contribution in [1.29, 1.82) is 0 Å². The monoisotopic (exact) mass is 481 g/mol. The van der Waals surface area contributed by atoms with Crippen LogP contribution in [0.15, 0.2) is 52.7 Å². The molecule has 186 valence electrons. The lowest BCUT2D eigenvalue weighted by Gasteiger charge is -2.42. The first kappa shape index (κ1) is 24.4. The normalized spacial score (nSPS) is 21.0. The molecule has 2 aliphatic carbocycles. The van der Waals surface area contributed by atoms with Crippen LogP contribution in [-0.4, -0.2) is 53.8 Å². The summed E-state index contributed by atoms with van der Waals surface area (Å²) in [6, 6.07) is 6.16. The average Bonchev–Trinajstić information content (AvgIpc) is 3.65. The van der Waals surface area contributed by atoms with E-state index in [0.29, 0.717) is 31.7 Å². The van der Waals surface area contributed by atoms with E-state index in [4.69, 9.17) is 4.74 Å². The molecule has 2 N–H and O–H groups in total. The molecular formula is C25H31N5O5. The lowest BCUT2D eigenvalue weighted by Crippen LogP contribution is -2.68. The first-order valence-corrected chi connectivity index (χ1v) is 12.0. The Bertz CT molecular complexity index is 1060. The number of nitroso groups, excluding NO2 is 1. The Balaban J connectivity index is 1.54. The summed E-state index contributed by atoms with van der Waals surface area (Å²) in [6.45, 7) is 4.86. The van der Waals surface area contributed by atoms with E-state index in [0.717, 1.165) is 35.5 Å². The van der Waals surface area contributed by atoms with E-state index in [9.17, 15) is 19.3 Å². The Morgan fingerprint density at radius 2 is 1.94 bits per heavy atom. The third-order valence-electron chi connectivity index (χ3n) is 6.59. The van der Waals surface area contributed by atoms with Crippen LogP contribution in [0.1, 0.15) is 46.0 Å². The van der Waals surface area contributed by atoms with Gasteiger partial charge in [-0.2, -0.15) is 0 Å². The number of rotatable bonds is 10. The number of nitrogens with one attached hydrogen (secondary N) is 2. The first-order chi connectivity index (χ1) is 16.8. The molecular weight excluding hydrogens is 450 g/mol. The zero-order valence-corrected chi connectivity index (χ0v) is 20.1. The second-order valence-electron chi connectivity index (χ2n) is 9.38. The van der Waals surface area contributed by atoms with Gasteiger partial charge in [0, 0.05) is 24.0 Å². The van der Waals surface area contributed by atoms with Gasteiger partial charge in [-0.05, 0) is 63.3 Å². The number of allylic oxidation sites excluding steroid dienone is 3. The highest BCUT2D eigenvalue weighted by atomic mass is 16.5. The first-order valence-electron chi connectivity index (χ1n) is 12.0. The molecule has 1 saturated heterocycles. The van der Waals surface area contributed by atoms with E-state index in [1.807, 2.05) is 43.3 Å². The molecule has 0 radical (unpaired) electrons. The molecule has 35 heavy (non-hydrogen) atoms. The predicted octanol–water partition coefficient (Wildman–Crippen LogP) is 4.36. The minimum atomic E-state index is -1.06. The fraction of sp³-hybridized carbons (Fsp3) is 0.480. The number of imide groups is 1. The van der Waals surface area contributed by atoms with Crippen molar-refractivity contribution in [2.45, 2.75) is 52.2 Å². The molecule has 1 aliphatic heterocycles. The molecule has 10 heteroatoms. The molecule has 10 nitrogen and oxygen atoms in total. The van der Waals surface area contributed by atoms with Crippen molar-refractivity contribution < 1.29 is 19.1 Å². The smallest absolute Gasteiger partial charge is 0.331 e. The summed E-state index contributed by atoms with van der Waals surface area (Å²) in [5.74, 6) is -0.0761. The number of hydrogen-bond acceptors (Lipinski definition) is 6. The van der Waals surface area contributed by atoms with Crippen LogP contribution < -0.4 is 15.4 Å². The van der Waals surface area contributed by atoms with Gasteiger partial charge in [-0.3, -0.25) is 15.0 Å². The van der Waals surface area contributed by atoms with Crippen molar-refractivity contribution in [2.24, 2.45) is 10.6 Å². The van der Waals surface area contributed by atoms with Gasteiger partial charge in [0.05, 0.1) is 12.0 Å². The molecule has 3 aliphatic rings. The lowest BCUT2D eigenvalue weighted by molar-refractivity contribution is -0.123. The Kier molecular flexibility index (Phi) is 7.18. The predicted molar refractivity (Wildman–Crippen MR) is 131 cm³/mol. The highest BCUT2D eigenvalue weighted by Crippen LogP contribution is 2.47. The number of ether oxygens (including phenoxy) is 1. The molecule has 0 bridgehead atoms. The molecule has 5 amide bonds. The summed E-state index contributed by atoms with van der Waals surface area (Å²) < 4.78 is 5.62. The van der Waals surface area contributed by atoms with E-state index in [1.54, 1.807) is 0 Å². The maximum atomic E-state index is 13.5. The van der Waals surface area contributed by atoms with E-state index < -0.39 is 29.7 Å². The maximum Gasteiger partial charge on any atom is 0.331 e. The Morgan fingerprint density at radius 1 is 1.20 bits per heavy atom. The molecule has 0 aromatic heterocycles. The summed E-state index contributed by atoms with van der Waals surface area (Å²) >= 11 is 0. The van der Waals surface area contributed by atoms with Gasteiger partial charge >= 0.3 is 12.1 Å². The Hall–Kier alpha value is -3.69. The molecule has 0 spiro atoms. The highest BCUT2D eigenvalue weighted by Gasteiger charge is 2.55. The second-order valence-corrected chi connectivity index (χ2v) is 9.38. The average molecular weight is 482 g/mol. The Morgan fingerprint density at radius 3 is 2.54 bits per heavy atom. The zero-order valence-electron chi connectivity index (χ0n) is 20.1. The molecule has 1 saturated carbocycles. The van der Waals surface area contributed by atoms with Gasteiger partial charge in [0.2, 0.25) is 0 Å². The SMILES string of the molecule is CCCOc1ccc(NC2NC(=O)N(CC3(C(=O)N=O)CC3)C(=O)N2CC2=CC=C(C)CC2)cc1. The van der Waals surface area contributed by atoms with Gasteiger partial charge in [-0.1, -0.05) is 30.2 Å². The highest BCUT2D eigenvalue weighted by molar-refractivity contribution is 5.98. The van der Waals surface area contributed by atoms with Crippen LogP contribution in [0.4, 0.5) is 15.3 Å². The fourth-order valence-corrected chi connectivity index (χ4v) is 4.19. The van der Waals surface area contributed by atoms with Crippen LogP contribution >= 0.6 is 0 Å². The van der Waals surface area contributed by atoms with E-state index in [-0.39, 0.29) is 6.54 Å². The Labute approximate surface area is 204 Å². The minimum absolute atomic E-state index is 0.160. The van der Waals surface area contributed by atoms with Crippen molar-refractivity contribution in [2.75, 3.05) is 25.0 Å². The van der Waals surface area contributed by atoms with Gasteiger partial charge < -0.3 is 10.1 Å². The summed E-state index contributed by atoms with van der Waals surface area (Å²) in [5, 5.41) is 8.60. The van der Waals surface area contributed by atoms with Crippen LogP contribution in [-0.2, 0) is 4.79 Å². The fourth-order valence-electron chi connectivity index (χ4n) is 4.19. The topological polar surface area (TPSA) is 120 Å². The second kappa shape index (κ2) is 10.3. The number of hydrogen-bond donors (Lipinski definition) is 2. The summed E-state index contributed by atoms with van der Waals surface area (Å²) in [5.41, 5.74) is 1.97. The number of urea groups is 2. The third-order valence-corrected chi connectivity index (χ3v) is 6.59. The summed E-state index contributed by atoms with van der Waals surface area (Å²) in [7, 11) is 0. The molecule has 1 unspecified atom stereocenters. The van der Waals surface area contributed by atoms with Crippen LogP contribution in [0.25, 0.3) is 0 Å². The lowest BCUT2D eigenvalue weighted by atomic mass is 9.99. The van der Waals surface area contributed by atoms with Crippen LogP contribution in [0, 0.1) is 10.3 Å². The summed E-state index contributed by atoms with van der Waals surface area (Å²) in [4.78, 5) is 51.9. The zero-order chi connectivity index (χ0) is 25.0. The van der Waals surface area contributed by atoms with E-state index in [2.05, 4.69) is 22.7 Å². The van der Waals surface area contributed by atoms with E-state index >= 15 is 0 Å². The molecule has 4 rings (SSSR count). The minimum Gasteiger partial charge on any atom is -0.494 e. The standard InChI is InChI=1S/C25H31N5O5/c1-3-14-35-20-10-8-19(9-11-20)26-22-27-23(32)30(16-25(12-13-25)21(31)28-34)24(33)29(22)15-18-6-4-17(2)5-7-18/h4,6,8-11,22,26H,3,5,7,12-16H2,1-2H3,(H,27,32). The van der Waals surface area contributed by atoms with Crippen molar-refractivity contribution in [1.82, 2.24) is 15.1 Å². The van der Waals surface area contributed by atoms with Crippen molar-refractivity contribution in [3.8, 4) is 5.75 Å². The number of anilines is 1. The number of carbonyl (C=O) groups is 3. The third kappa shape index (κ3) is 5.52. The molecule has 2 fully saturated rings. The van der Waals surface area contributed by atoms with Crippen LogP contribution in [0.3, 0.4) is 0 Å². The molecule has 1 atom stereocenters. The largest absolute Gasteiger partial charge is 0.494 e. The van der Waals surface area contributed by atoms with Crippen LogP contribution in [0.2, 0.25) is 0 Å². The molecule has 1 heterocycles. The number of amides is 5. The molecule has 1 aromatic rings. The number of carbonyl (C=O) groups excluding carboxylic acids is 3. The number of nitrogens with zero attached hydrogens (tertiary/aromatic N) is 3. The van der Waals surface area contributed by atoms with Crippen molar-refractivity contribution >= 4 is 23.7 Å². The molecule has 1 aromatic carbocycles. The van der Waals surface area contributed by atoms with Crippen molar-refractivity contribution in [3.05, 3.63) is 52.5 Å². The van der Waals surface area contributed by atoms with Gasteiger partial charge in [-0.15, -0.1) is 4.91 Å².